The topological polar surface area (TPSA) is 35.2 Å². The number of thiophene rings is 1. The summed E-state index contributed by atoms with van der Waals surface area (Å²) in [7, 11) is 0. The molecule has 0 spiro atoms. The molecule has 0 bridgehead atoms. The molecule has 2 N–H and O–H groups in total. The summed E-state index contributed by atoms with van der Waals surface area (Å²) in [6, 6.07) is 2.21. The first-order chi connectivity index (χ1) is 6.42. The minimum atomic E-state index is 0.148. The summed E-state index contributed by atoms with van der Waals surface area (Å²) in [6.07, 6.45) is 3.74. The quantitative estimate of drug-likeness (QED) is 0.748. The van der Waals surface area contributed by atoms with Crippen molar-refractivity contribution in [1.82, 2.24) is 0 Å². The highest BCUT2D eigenvalue weighted by Crippen LogP contribution is 2.29. The predicted molar refractivity (Wildman–Crippen MR) is 55.0 cm³/mol. The second kappa shape index (κ2) is 4.22. The Bertz CT molecular complexity index is 272. The first-order valence-electron chi connectivity index (χ1n) is 4.79. The maximum absolute atomic E-state index is 5.70. The van der Waals surface area contributed by atoms with Crippen LogP contribution in [0.15, 0.2) is 11.4 Å². The van der Waals surface area contributed by atoms with Crippen molar-refractivity contribution in [2.45, 2.75) is 25.4 Å². The Labute approximate surface area is 82.7 Å². The molecule has 72 valence electrons. The highest BCUT2D eigenvalue weighted by atomic mass is 32.1. The van der Waals surface area contributed by atoms with E-state index in [9.17, 15) is 0 Å². The fourth-order valence-corrected chi connectivity index (χ4v) is 2.75. The van der Waals surface area contributed by atoms with E-state index in [1.165, 1.54) is 23.3 Å². The monoisotopic (exact) mass is 197 g/mol. The molecule has 0 unspecified atom stereocenters. The third-order valence-electron chi connectivity index (χ3n) is 2.45. The smallest absolute Gasteiger partial charge is 0.104 e. The van der Waals surface area contributed by atoms with Crippen LogP contribution in [0.4, 0.5) is 0 Å². The van der Waals surface area contributed by atoms with Crippen LogP contribution in [0.1, 0.15) is 29.4 Å². The van der Waals surface area contributed by atoms with Crippen LogP contribution in [0.3, 0.4) is 0 Å². The molecule has 0 aromatic carbocycles. The number of aryl methyl sites for hydroxylation is 1. The summed E-state index contributed by atoms with van der Waals surface area (Å²) in [4.78, 5) is 1.35. The molecule has 2 heterocycles. The lowest BCUT2D eigenvalue weighted by molar-refractivity contribution is 0.0550. The fraction of sp³-hybridized carbons (Fsp3) is 0.600. The van der Waals surface area contributed by atoms with Crippen molar-refractivity contribution in [3.05, 3.63) is 21.9 Å². The molecule has 0 aliphatic carbocycles. The van der Waals surface area contributed by atoms with Crippen LogP contribution in [0.25, 0.3) is 0 Å². The van der Waals surface area contributed by atoms with Crippen LogP contribution >= 0.6 is 11.3 Å². The van der Waals surface area contributed by atoms with Crippen molar-refractivity contribution in [3.63, 3.8) is 0 Å². The van der Waals surface area contributed by atoms with Gasteiger partial charge in [0.25, 0.3) is 0 Å². The molecule has 0 saturated carbocycles. The molecule has 2 rings (SSSR count). The summed E-state index contributed by atoms with van der Waals surface area (Å²) >= 11 is 1.78. The maximum atomic E-state index is 5.70. The van der Waals surface area contributed by atoms with Crippen LogP contribution < -0.4 is 5.73 Å². The molecule has 0 saturated heterocycles. The standard InChI is InChI=1S/C10H15NOS/c11-7-9-10-8(4-6-13-10)3-1-2-5-12-9/h4,6,9H,1-3,5,7,11H2/t9-/m1/s1. The lowest BCUT2D eigenvalue weighted by Gasteiger charge is -2.19. The van der Waals surface area contributed by atoms with Gasteiger partial charge in [0, 0.05) is 18.0 Å². The van der Waals surface area contributed by atoms with E-state index in [-0.39, 0.29) is 6.10 Å². The molecular weight excluding hydrogens is 182 g/mol. The molecule has 2 nitrogen and oxygen atoms in total. The normalized spacial score (nSPS) is 23.3. The summed E-state index contributed by atoms with van der Waals surface area (Å²) < 4.78 is 5.70. The van der Waals surface area contributed by atoms with E-state index >= 15 is 0 Å². The summed E-state index contributed by atoms with van der Waals surface area (Å²) in [5, 5.41) is 2.14. The van der Waals surface area contributed by atoms with E-state index < -0.39 is 0 Å². The summed E-state index contributed by atoms with van der Waals surface area (Å²) in [6.45, 7) is 1.47. The predicted octanol–water partition coefficient (Wildman–Crippen LogP) is 2.10. The van der Waals surface area contributed by atoms with Crippen molar-refractivity contribution in [1.29, 1.82) is 0 Å². The van der Waals surface area contributed by atoms with E-state index in [1.807, 2.05) is 0 Å². The van der Waals surface area contributed by atoms with Gasteiger partial charge in [0.05, 0.1) is 0 Å². The summed E-state index contributed by atoms with van der Waals surface area (Å²) in [5.41, 5.74) is 7.12. The molecule has 1 atom stereocenters. The van der Waals surface area contributed by atoms with Crippen molar-refractivity contribution in [2.75, 3.05) is 13.2 Å². The molecule has 3 heteroatoms. The minimum Gasteiger partial charge on any atom is -0.371 e. The Morgan fingerprint density at radius 3 is 3.31 bits per heavy atom. The first kappa shape index (κ1) is 9.19. The first-order valence-corrected chi connectivity index (χ1v) is 5.67. The fourth-order valence-electron chi connectivity index (χ4n) is 1.73. The second-order valence-corrected chi connectivity index (χ2v) is 4.31. The molecule has 1 aliphatic heterocycles. The van der Waals surface area contributed by atoms with Crippen LogP contribution in [-0.2, 0) is 11.2 Å². The number of hydrogen-bond acceptors (Lipinski definition) is 3. The van der Waals surface area contributed by atoms with Gasteiger partial charge in [-0.15, -0.1) is 11.3 Å². The van der Waals surface area contributed by atoms with Crippen LogP contribution in [-0.4, -0.2) is 13.2 Å². The van der Waals surface area contributed by atoms with Gasteiger partial charge in [0.15, 0.2) is 0 Å². The molecule has 0 amide bonds. The van der Waals surface area contributed by atoms with E-state index in [1.54, 1.807) is 11.3 Å². The van der Waals surface area contributed by atoms with Gasteiger partial charge in [-0.3, -0.25) is 0 Å². The molecule has 1 aliphatic rings. The van der Waals surface area contributed by atoms with Gasteiger partial charge in [0.1, 0.15) is 6.10 Å². The van der Waals surface area contributed by atoms with Crippen LogP contribution in [0.2, 0.25) is 0 Å². The molecule has 1 aromatic heterocycles. The van der Waals surface area contributed by atoms with Gasteiger partial charge >= 0.3 is 0 Å². The van der Waals surface area contributed by atoms with Crippen LogP contribution in [0, 0.1) is 0 Å². The Balaban J connectivity index is 2.24. The van der Waals surface area contributed by atoms with Gasteiger partial charge < -0.3 is 10.5 Å². The van der Waals surface area contributed by atoms with Gasteiger partial charge in [-0.05, 0) is 36.3 Å². The Morgan fingerprint density at radius 1 is 1.54 bits per heavy atom. The molecule has 0 fully saturated rings. The van der Waals surface area contributed by atoms with E-state index in [2.05, 4.69) is 11.4 Å². The molecular formula is C10H15NOS. The van der Waals surface area contributed by atoms with E-state index in [0.29, 0.717) is 6.54 Å². The average molecular weight is 197 g/mol. The third kappa shape index (κ3) is 1.93. The Kier molecular flexibility index (Phi) is 2.98. The van der Waals surface area contributed by atoms with Crippen molar-refractivity contribution in [2.24, 2.45) is 5.73 Å². The lowest BCUT2D eigenvalue weighted by atomic mass is 10.1. The zero-order chi connectivity index (χ0) is 9.10. The van der Waals surface area contributed by atoms with Gasteiger partial charge in [-0.25, -0.2) is 0 Å². The van der Waals surface area contributed by atoms with Crippen molar-refractivity contribution in [3.8, 4) is 0 Å². The second-order valence-electron chi connectivity index (χ2n) is 3.36. The zero-order valence-electron chi connectivity index (χ0n) is 7.66. The number of fused-ring (bicyclic) bond motifs is 1. The van der Waals surface area contributed by atoms with Crippen molar-refractivity contribution < 1.29 is 4.74 Å². The summed E-state index contributed by atoms with van der Waals surface area (Å²) in [5.74, 6) is 0. The number of ether oxygens (including phenoxy) is 1. The number of nitrogens with two attached hydrogens (primary N) is 1. The Hall–Kier alpha value is -0.380. The van der Waals surface area contributed by atoms with E-state index in [4.69, 9.17) is 10.5 Å². The van der Waals surface area contributed by atoms with Gasteiger partial charge in [-0.1, -0.05) is 0 Å². The van der Waals surface area contributed by atoms with Gasteiger partial charge in [0.2, 0.25) is 0 Å². The zero-order valence-corrected chi connectivity index (χ0v) is 8.48. The highest BCUT2D eigenvalue weighted by Gasteiger charge is 2.17. The molecule has 13 heavy (non-hydrogen) atoms. The maximum Gasteiger partial charge on any atom is 0.104 e. The highest BCUT2D eigenvalue weighted by molar-refractivity contribution is 7.10. The lowest BCUT2D eigenvalue weighted by Crippen LogP contribution is -2.18. The van der Waals surface area contributed by atoms with Gasteiger partial charge in [-0.2, -0.15) is 0 Å². The van der Waals surface area contributed by atoms with Crippen LogP contribution in [0.5, 0.6) is 0 Å². The SMILES string of the molecule is NC[C@H]1OCCCCc2ccsc21. The van der Waals surface area contributed by atoms with Crippen molar-refractivity contribution >= 4 is 11.3 Å². The Morgan fingerprint density at radius 2 is 2.46 bits per heavy atom. The van der Waals surface area contributed by atoms with E-state index in [0.717, 1.165) is 13.0 Å². The third-order valence-corrected chi connectivity index (χ3v) is 3.50. The average Bonchev–Trinajstić information content (AvgIpc) is 2.53. The minimum absolute atomic E-state index is 0.148. The molecule has 0 radical (unpaired) electrons. The largest absolute Gasteiger partial charge is 0.371 e. The number of hydrogen-bond donors (Lipinski definition) is 1. The molecule has 1 aromatic rings. The number of rotatable bonds is 1.